The van der Waals surface area contributed by atoms with Crippen molar-refractivity contribution in [3.05, 3.63) is 35.4 Å². The van der Waals surface area contributed by atoms with E-state index in [9.17, 15) is 23.2 Å². The van der Waals surface area contributed by atoms with Crippen LogP contribution in [0.15, 0.2) is 18.2 Å². The molecule has 1 aromatic rings. The van der Waals surface area contributed by atoms with Gasteiger partial charge in [0.1, 0.15) is 17.7 Å². The lowest BCUT2D eigenvalue weighted by Crippen LogP contribution is -2.45. The van der Waals surface area contributed by atoms with Gasteiger partial charge in [-0.25, -0.2) is 13.6 Å². The summed E-state index contributed by atoms with van der Waals surface area (Å²) >= 11 is 0. The van der Waals surface area contributed by atoms with E-state index in [1.807, 2.05) is 0 Å². The Hall–Kier alpha value is -2.31. The van der Waals surface area contributed by atoms with E-state index < -0.39 is 40.9 Å². The third kappa shape index (κ3) is 3.72. The summed E-state index contributed by atoms with van der Waals surface area (Å²) in [5.41, 5.74) is -0.515. The molecule has 0 N–H and O–H groups in total. The van der Waals surface area contributed by atoms with E-state index in [2.05, 4.69) is 0 Å². The van der Waals surface area contributed by atoms with Crippen LogP contribution < -0.4 is 0 Å². The zero-order valence-electron chi connectivity index (χ0n) is 12.8. The molecule has 1 atom stereocenters. The SMILES string of the molecule is CC(C)OC(=O)[C@H]1CCCN1C(=O)C(=O)c1ccc(F)cc1F. The molecular formula is C16H17F2NO4. The largest absolute Gasteiger partial charge is 0.461 e. The summed E-state index contributed by atoms with van der Waals surface area (Å²) in [6.45, 7) is 3.57. The molecule has 1 heterocycles. The highest BCUT2D eigenvalue weighted by Gasteiger charge is 2.38. The average Bonchev–Trinajstić information content (AvgIpc) is 2.94. The van der Waals surface area contributed by atoms with Crippen LogP contribution >= 0.6 is 0 Å². The maximum absolute atomic E-state index is 13.7. The van der Waals surface area contributed by atoms with E-state index in [1.54, 1.807) is 13.8 Å². The van der Waals surface area contributed by atoms with Gasteiger partial charge in [0.25, 0.3) is 11.7 Å². The molecule has 0 aromatic heterocycles. The molecule has 1 amide bonds. The van der Waals surface area contributed by atoms with Gasteiger partial charge in [0.05, 0.1) is 11.7 Å². The van der Waals surface area contributed by atoms with Crippen molar-refractivity contribution in [2.75, 3.05) is 6.54 Å². The Labute approximate surface area is 132 Å². The third-order valence-corrected chi connectivity index (χ3v) is 3.51. The Balaban J connectivity index is 2.18. The Kier molecular flexibility index (Phi) is 5.08. The lowest BCUT2D eigenvalue weighted by Gasteiger charge is -2.23. The first-order chi connectivity index (χ1) is 10.8. The molecule has 1 saturated heterocycles. The molecule has 0 unspecified atom stereocenters. The minimum atomic E-state index is -1.11. The minimum absolute atomic E-state index is 0.214. The van der Waals surface area contributed by atoms with Crippen molar-refractivity contribution in [1.29, 1.82) is 0 Å². The highest BCUT2D eigenvalue weighted by atomic mass is 19.1. The standard InChI is InChI=1S/C16H17F2NO4/c1-9(2)23-16(22)13-4-3-7-19(13)15(21)14(20)11-6-5-10(17)8-12(11)18/h5-6,8-9,13H,3-4,7H2,1-2H3/t13-/m1/s1. The molecule has 1 aromatic carbocycles. The second kappa shape index (κ2) is 6.85. The smallest absolute Gasteiger partial charge is 0.329 e. The van der Waals surface area contributed by atoms with Crippen molar-refractivity contribution in [3.63, 3.8) is 0 Å². The lowest BCUT2D eigenvalue weighted by atomic mass is 10.1. The van der Waals surface area contributed by atoms with E-state index >= 15 is 0 Å². The van der Waals surface area contributed by atoms with Gasteiger partial charge >= 0.3 is 5.97 Å². The first kappa shape index (κ1) is 17.1. The molecule has 7 heteroatoms. The molecule has 23 heavy (non-hydrogen) atoms. The summed E-state index contributed by atoms with van der Waals surface area (Å²) in [4.78, 5) is 37.5. The number of ketones is 1. The highest BCUT2D eigenvalue weighted by molar-refractivity contribution is 6.43. The number of benzene rings is 1. The van der Waals surface area contributed by atoms with Crippen LogP contribution in [0.3, 0.4) is 0 Å². The van der Waals surface area contributed by atoms with Crippen LogP contribution in [0, 0.1) is 11.6 Å². The summed E-state index contributed by atoms with van der Waals surface area (Å²) in [5, 5.41) is 0. The molecule has 0 aliphatic carbocycles. The van der Waals surface area contributed by atoms with Crippen LogP contribution in [0.4, 0.5) is 8.78 Å². The van der Waals surface area contributed by atoms with Gasteiger partial charge in [0.2, 0.25) is 0 Å². The minimum Gasteiger partial charge on any atom is -0.461 e. The molecule has 2 rings (SSSR count). The van der Waals surface area contributed by atoms with Gasteiger partial charge < -0.3 is 9.64 Å². The number of hydrogen-bond donors (Lipinski definition) is 0. The lowest BCUT2D eigenvalue weighted by molar-refractivity contribution is -0.155. The number of hydrogen-bond acceptors (Lipinski definition) is 4. The third-order valence-electron chi connectivity index (χ3n) is 3.51. The van der Waals surface area contributed by atoms with Crippen molar-refractivity contribution in [2.24, 2.45) is 0 Å². The number of carbonyl (C=O) groups is 3. The predicted octanol–water partition coefficient (Wildman–Crippen LogP) is 2.09. The van der Waals surface area contributed by atoms with Gasteiger partial charge in [0, 0.05) is 12.6 Å². The number of halogens is 2. The average molecular weight is 325 g/mol. The highest BCUT2D eigenvalue weighted by Crippen LogP contribution is 2.21. The Bertz CT molecular complexity index is 645. The van der Waals surface area contributed by atoms with E-state index in [0.29, 0.717) is 18.9 Å². The topological polar surface area (TPSA) is 63.7 Å². The number of likely N-dealkylation sites (tertiary alicyclic amines) is 1. The second-order valence-electron chi connectivity index (χ2n) is 5.60. The number of nitrogens with zero attached hydrogens (tertiary/aromatic N) is 1. The van der Waals surface area contributed by atoms with Crippen LogP contribution in [0.5, 0.6) is 0 Å². The Morgan fingerprint density at radius 3 is 2.57 bits per heavy atom. The summed E-state index contributed by atoms with van der Waals surface area (Å²) in [7, 11) is 0. The number of Topliss-reactive ketones (excluding diaryl/α,β-unsaturated/α-hetero) is 1. The van der Waals surface area contributed by atoms with Crippen molar-refractivity contribution >= 4 is 17.7 Å². The molecule has 1 fully saturated rings. The Morgan fingerprint density at radius 1 is 1.26 bits per heavy atom. The summed E-state index contributed by atoms with van der Waals surface area (Å²) in [6.07, 6.45) is 0.587. The zero-order valence-corrected chi connectivity index (χ0v) is 12.8. The molecule has 0 radical (unpaired) electrons. The summed E-state index contributed by atoms with van der Waals surface area (Å²) < 4.78 is 31.6. The number of rotatable bonds is 4. The van der Waals surface area contributed by atoms with Gasteiger partial charge in [-0.3, -0.25) is 9.59 Å². The molecule has 0 bridgehead atoms. The van der Waals surface area contributed by atoms with Crippen molar-refractivity contribution in [3.8, 4) is 0 Å². The molecule has 0 spiro atoms. The van der Waals surface area contributed by atoms with Crippen molar-refractivity contribution in [2.45, 2.75) is 38.8 Å². The number of ether oxygens (including phenoxy) is 1. The fraction of sp³-hybridized carbons (Fsp3) is 0.438. The fourth-order valence-electron chi connectivity index (χ4n) is 2.48. The van der Waals surface area contributed by atoms with Crippen LogP contribution in [0.2, 0.25) is 0 Å². The van der Waals surface area contributed by atoms with E-state index in [1.165, 1.54) is 0 Å². The van der Waals surface area contributed by atoms with Crippen molar-refractivity contribution < 1.29 is 27.9 Å². The van der Waals surface area contributed by atoms with Gasteiger partial charge in [-0.15, -0.1) is 0 Å². The number of carbonyl (C=O) groups excluding carboxylic acids is 3. The maximum Gasteiger partial charge on any atom is 0.329 e. The molecule has 124 valence electrons. The molecule has 0 saturated carbocycles. The van der Waals surface area contributed by atoms with Crippen LogP contribution in [0.1, 0.15) is 37.0 Å². The molecule has 1 aliphatic rings. The van der Waals surface area contributed by atoms with Gasteiger partial charge in [-0.2, -0.15) is 0 Å². The molecular weight excluding hydrogens is 308 g/mol. The van der Waals surface area contributed by atoms with Crippen LogP contribution in [-0.2, 0) is 14.3 Å². The van der Waals surface area contributed by atoms with Crippen LogP contribution in [-0.4, -0.2) is 41.3 Å². The van der Waals surface area contributed by atoms with E-state index in [-0.39, 0.29) is 12.6 Å². The number of amides is 1. The first-order valence-corrected chi connectivity index (χ1v) is 7.32. The zero-order chi connectivity index (χ0) is 17.1. The van der Waals surface area contributed by atoms with E-state index in [0.717, 1.165) is 17.0 Å². The Morgan fingerprint density at radius 2 is 1.96 bits per heavy atom. The normalized spacial score (nSPS) is 17.4. The van der Waals surface area contributed by atoms with Gasteiger partial charge in [-0.05, 0) is 38.8 Å². The maximum atomic E-state index is 13.7. The van der Waals surface area contributed by atoms with Crippen molar-refractivity contribution in [1.82, 2.24) is 4.90 Å². The quantitative estimate of drug-likeness (QED) is 0.483. The fourth-order valence-corrected chi connectivity index (χ4v) is 2.48. The van der Waals surface area contributed by atoms with Gasteiger partial charge in [-0.1, -0.05) is 0 Å². The van der Waals surface area contributed by atoms with Crippen LogP contribution in [0.25, 0.3) is 0 Å². The van der Waals surface area contributed by atoms with Gasteiger partial charge in [0.15, 0.2) is 0 Å². The summed E-state index contributed by atoms with van der Waals surface area (Å²) in [6, 6.07) is 1.51. The summed E-state index contributed by atoms with van der Waals surface area (Å²) in [5.74, 6) is -4.63. The monoisotopic (exact) mass is 325 g/mol. The predicted molar refractivity (Wildman–Crippen MR) is 76.7 cm³/mol. The van der Waals surface area contributed by atoms with E-state index in [4.69, 9.17) is 4.74 Å². The second-order valence-corrected chi connectivity index (χ2v) is 5.60. The number of esters is 1. The molecule has 5 nitrogen and oxygen atoms in total. The molecule has 1 aliphatic heterocycles. The first-order valence-electron chi connectivity index (χ1n) is 7.32.